The Bertz CT molecular complexity index is 655. The molecule has 0 aliphatic rings. The normalized spacial score (nSPS) is 10.8. The number of carbonyl (C=O) groups excluding carboxylic acids is 1. The number of nitrogens with one attached hydrogen (secondary N) is 1. The van der Waals surface area contributed by atoms with Crippen molar-refractivity contribution in [1.82, 2.24) is 10.2 Å². The molecule has 0 aromatic heterocycles. The number of rotatable bonds is 12. The standard InChI is InChI=1S/C22H30N2O3/c1-3-24(4-2)15-17-26-16-14-23-22(25)18-27-21-12-10-20(11-13-21)19-8-6-5-7-9-19/h5-13H,3-4,14-18H2,1-2H3,(H,23,25). The number of carbonyl (C=O) groups is 1. The smallest absolute Gasteiger partial charge is 0.258 e. The van der Waals surface area contributed by atoms with Crippen LogP contribution in [-0.2, 0) is 9.53 Å². The van der Waals surface area contributed by atoms with Gasteiger partial charge in [0.15, 0.2) is 6.61 Å². The lowest BCUT2D eigenvalue weighted by molar-refractivity contribution is -0.123. The summed E-state index contributed by atoms with van der Waals surface area (Å²) in [7, 11) is 0. The fourth-order valence-electron chi connectivity index (χ4n) is 2.67. The number of amides is 1. The Morgan fingerprint density at radius 2 is 1.59 bits per heavy atom. The Labute approximate surface area is 162 Å². The first-order chi connectivity index (χ1) is 13.2. The maximum Gasteiger partial charge on any atom is 0.258 e. The van der Waals surface area contributed by atoms with E-state index in [1.807, 2.05) is 42.5 Å². The van der Waals surface area contributed by atoms with Crippen LogP contribution in [-0.4, -0.2) is 56.8 Å². The summed E-state index contributed by atoms with van der Waals surface area (Å²) in [6, 6.07) is 17.9. The van der Waals surface area contributed by atoms with Gasteiger partial charge in [-0.2, -0.15) is 0 Å². The molecule has 0 radical (unpaired) electrons. The summed E-state index contributed by atoms with van der Waals surface area (Å²) in [6.45, 7) is 8.94. The van der Waals surface area contributed by atoms with Gasteiger partial charge in [-0.25, -0.2) is 0 Å². The molecule has 2 rings (SSSR count). The third-order valence-corrected chi connectivity index (χ3v) is 4.35. The summed E-state index contributed by atoms with van der Waals surface area (Å²) in [6.07, 6.45) is 0. The molecule has 1 N–H and O–H groups in total. The van der Waals surface area contributed by atoms with E-state index in [0.717, 1.165) is 30.8 Å². The highest BCUT2D eigenvalue weighted by Gasteiger charge is 2.04. The number of likely N-dealkylation sites (N-methyl/N-ethyl adjacent to an activating group) is 1. The Kier molecular flexibility index (Phi) is 9.38. The van der Waals surface area contributed by atoms with Gasteiger partial charge in [0.05, 0.1) is 13.2 Å². The van der Waals surface area contributed by atoms with Crippen molar-refractivity contribution in [3.8, 4) is 16.9 Å². The van der Waals surface area contributed by atoms with Crippen LogP contribution >= 0.6 is 0 Å². The molecular weight excluding hydrogens is 340 g/mol. The van der Waals surface area contributed by atoms with Gasteiger partial charge in [0.2, 0.25) is 0 Å². The van der Waals surface area contributed by atoms with Gasteiger partial charge >= 0.3 is 0 Å². The Morgan fingerprint density at radius 1 is 0.926 bits per heavy atom. The number of hydrogen-bond acceptors (Lipinski definition) is 4. The van der Waals surface area contributed by atoms with E-state index >= 15 is 0 Å². The molecule has 0 saturated carbocycles. The van der Waals surface area contributed by atoms with E-state index in [0.29, 0.717) is 25.5 Å². The topological polar surface area (TPSA) is 50.8 Å². The number of nitrogens with zero attached hydrogens (tertiary/aromatic N) is 1. The molecule has 5 heteroatoms. The van der Waals surface area contributed by atoms with E-state index < -0.39 is 0 Å². The van der Waals surface area contributed by atoms with Crippen molar-refractivity contribution in [2.75, 3.05) is 46.0 Å². The molecule has 0 spiro atoms. The van der Waals surface area contributed by atoms with Crippen LogP contribution in [0.1, 0.15) is 13.8 Å². The van der Waals surface area contributed by atoms with Crippen molar-refractivity contribution in [1.29, 1.82) is 0 Å². The van der Waals surface area contributed by atoms with Crippen molar-refractivity contribution >= 4 is 5.91 Å². The van der Waals surface area contributed by atoms with E-state index in [9.17, 15) is 4.79 Å². The zero-order valence-corrected chi connectivity index (χ0v) is 16.3. The monoisotopic (exact) mass is 370 g/mol. The molecule has 0 aliphatic heterocycles. The van der Waals surface area contributed by atoms with Crippen LogP contribution in [0.2, 0.25) is 0 Å². The van der Waals surface area contributed by atoms with Gasteiger partial charge in [0.1, 0.15) is 5.75 Å². The molecule has 0 unspecified atom stereocenters. The van der Waals surface area contributed by atoms with Crippen LogP contribution in [0.15, 0.2) is 54.6 Å². The molecule has 27 heavy (non-hydrogen) atoms. The molecule has 2 aromatic rings. The summed E-state index contributed by atoms with van der Waals surface area (Å²) < 4.78 is 11.1. The first kappa shape index (κ1) is 20.9. The first-order valence-corrected chi connectivity index (χ1v) is 9.58. The highest BCUT2D eigenvalue weighted by Crippen LogP contribution is 2.21. The average Bonchev–Trinajstić information content (AvgIpc) is 2.73. The van der Waals surface area contributed by atoms with E-state index in [4.69, 9.17) is 9.47 Å². The lowest BCUT2D eigenvalue weighted by atomic mass is 10.1. The fourth-order valence-corrected chi connectivity index (χ4v) is 2.67. The predicted molar refractivity (Wildman–Crippen MR) is 109 cm³/mol. The average molecular weight is 370 g/mol. The van der Waals surface area contributed by atoms with Crippen LogP contribution in [0.25, 0.3) is 11.1 Å². The van der Waals surface area contributed by atoms with E-state index in [1.54, 1.807) is 0 Å². The molecule has 0 atom stereocenters. The number of benzene rings is 2. The van der Waals surface area contributed by atoms with E-state index in [1.165, 1.54) is 0 Å². The maximum absolute atomic E-state index is 11.8. The van der Waals surface area contributed by atoms with Gasteiger partial charge in [-0.3, -0.25) is 4.79 Å². The molecule has 146 valence electrons. The summed E-state index contributed by atoms with van der Waals surface area (Å²) in [5.74, 6) is 0.537. The van der Waals surface area contributed by atoms with Crippen molar-refractivity contribution in [3.63, 3.8) is 0 Å². The fraction of sp³-hybridized carbons (Fsp3) is 0.409. The minimum Gasteiger partial charge on any atom is -0.484 e. The Morgan fingerprint density at radius 3 is 2.26 bits per heavy atom. The summed E-state index contributed by atoms with van der Waals surface area (Å²) in [5.41, 5.74) is 2.28. The van der Waals surface area contributed by atoms with E-state index in [-0.39, 0.29) is 12.5 Å². The van der Waals surface area contributed by atoms with Gasteiger partial charge in [-0.05, 0) is 36.3 Å². The second-order valence-corrected chi connectivity index (χ2v) is 6.17. The Hall–Kier alpha value is -2.37. The number of hydrogen-bond donors (Lipinski definition) is 1. The lowest BCUT2D eigenvalue weighted by Gasteiger charge is -2.17. The third-order valence-electron chi connectivity index (χ3n) is 4.35. The first-order valence-electron chi connectivity index (χ1n) is 9.58. The number of ether oxygens (including phenoxy) is 2. The second kappa shape index (κ2) is 12.1. The molecule has 1 amide bonds. The van der Waals surface area contributed by atoms with Gasteiger partial charge in [-0.1, -0.05) is 56.3 Å². The van der Waals surface area contributed by atoms with Crippen molar-refractivity contribution in [2.45, 2.75) is 13.8 Å². The molecular formula is C22H30N2O3. The molecule has 0 aliphatic carbocycles. The second-order valence-electron chi connectivity index (χ2n) is 6.17. The molecule has 2 aromatic carbocycles. The van der Waals surface area contributed by atoms with Gasteiger partial charge in [0, 0.05) is 13.1 Å². The van der Waals surface area contributed by atoms with E-state index in [2.05, 4.69) is 36.2 Å². The van der Waals surface area contributed by atoms with Crippen molar-refractivity contribution in [2.24, 2.45) is 0 Å². The largest absolute Gasteiger partial charge is 0.484 e. The molecule has 5 nitrogen and oxygen atoms in total. The van der Waals surface area contributed by atoms with Gasteiger partial charge in [0.25, 0.3) is 5.91 Å². The highest BCUT2D eigenvalue weighted by atomic mass is 16.5. The lowest BCUT2D eigenvalue weighted by Crippen LogP contribution is -2.32. The summed E-state index contributed by atoms with van der Waals surface area (Å²) in [5, 5.41) is 2.80. The summed E-state index contributed by atoms with van der Waals surface area (Å²) >= 11 is 0. The van der Waals surface area contributed by atoms with Gasteiger partial charge in [-0.15, -0.1) is 0 Å². The molecule has 0 heterocycles. The van der Waals surface area contributed by atoms with Crippen LogP contribution in [0, 0.1) is 0 Å². The molecule has 0 bridgehead atoms. The summed E-state index contributed by atoms with van der Waals surface area (Å²) in [4.78, 5) is 14.1. The van der Waals surface area contributed by atoms with Crippen LogP contribution in [0.4, 0.5) is 0 Å². The molecule has 0 fully saturated rings. The third kappa shape index (κ3) is 7.81. The predicted octanol–water partition coefficient (Wildman–Crippen LogP) is 3.21. The minimum absolute atomic E-state index is 0.00410. The van der Waals surface area contributed by atoms with Gasteiger partial charge < -0.3 is 19.7 Å². The minimum atomic E-state index is -0.144. The Balaban J connectivity index is 1.60. The van der Waals surface area contributed by atoms with Crippen LogP contribution in [0.5, 0.6) is 5.75 Å². The van der Waals surface area contributed by atoms with Crippen LogP contribution < -0.4 is 10.1 Å². The maximum atomic E-state index is 11.8. The SMILES string of the molecule is CCN(CC)CCOCCNC(=O)COc1ccc(-c2ccccc2)cc1. The molecule has 0 saturated heterocycles. The zero-order chi connectivity index (χ0) is 19.3. The van der Waals surface area contributed by atoms with Crippen LogP contribution in [0.3, 0.4) is 0 Å². The highest BCUT2D eigenvalue weighted by molar-refractivity contribution is 5.77. The van der Waals surface area contributed by atoms with Crippen molar-refractivity contribution < 1.29 is 14.3 Å². The quantitative estimate of drug-likeness (QED) is 0.583. The van der Waals surface area contributed by atoms with Crippen molar-refractivity contribution in [3.05, 3.63) is 54.6 Å². The zero-order valence-electron chi connectivity index (χ0n) is 16.3.